The minimum Gasteiger partial charge on any atom is -0.508 e. The van der Waals surface area contributed by atoms with Crippen LogP contribution in [-0.2, 0) is 14.3 Å². The summed E-state index contributed by atoms with van der Waals surface area (Å²) in [5.41, 5.74) is 0. The lowest BCUT2D eigenvalue weighted by atomic mass is 10.3. The molecule has 122 valence electrons. The average molecular weight is 316 g/mol. The van der Waals surface area contributed by atoms with Crippen LogP contribution in [0, 0.1) is 0 Å². The third kappa shape index (κ3) is 10.6. The van der Waals surface area contributed by atoms with Crippen molar-refractivity contribution in [1.82, 2.24) is 0 Å². The van der Waals surface area contributed by atoms with Gasteiger partial charge in [-0.05, 0) is 24.3 Å². The number of carbonyl (C=O) groups excluding carboxylic acids is 1. The van der Waals surface area contributed by atoms with Gasteiger partial charge in [-0.2, -0.15) is 0 Å². The number of esters is 1. The van der Waals surface area contributed by atoms with E-state index in [-0.39, 0.29) is 12.1 Å². The Morgan fingerprint density at radius 1 is 1.09 bits per heavy atom. The van der Waals surface area contributed by atoms with Gasteiger partial charge in [0.2, 0.25) is 0 Å². The van der Waals surface area contributed by atoms with Gasteiger partial charge in [-0.15, -0.1) is 0 Å². The molecule has 2 aromatic carbocycles. The molecular weight excluding hydrogens is 296 g/mol. The number of aromatic hydroxyl groups is 2. The van der Waals surface area contributed by atoms with Gasteiger partial charge in [0, 0.05) is 6.08 Å². The maximum atomic E-state index is 10.3. The lowest BCUT2D eigenvalue weighted by molar-refractivity contribution is -0.138. The molecule has 0 spiro atoms. The van der Waals surface area contributed by atoms with Gasteiger partial charge in [0.05, 0.1) is 6.61 Å². The maximum Gasteiger partial charge on any atom is 0.330 e. The molecule has 2 N–H and O–H groups in total. The highest BCUT2D eigenvalue weighted by atomic mass is 16.6. The van der Waals surface area contributed by atoms with Crippen LogP contribution in [-0.4, -0.2) is 35.5 Å². The normalized spacial score (nSPS) is 14.2. The molecule has 0 saturated carbocycles. The molecule has 1 unspecified atom stereocenters. The molecule has 0 radical (unpaired) electrons. The van der Waals surface area contributed by atoms with Crippen LogP contribution in [0.25, 0.3) is 0 Å². The molecule has 5 nitrogen and oxygen atoms in total. The Labute approximate surface area is 135 Å². The quantitative estimate of drug-likeness (QED) is 0.517. The van der Waals surface area contributed by atoms with Crippen molar-refractivity contribution in [3.8, 4) is 11.5 Å². The number of epoxide rings is 1. The SMILES string of the molecule is C=CC(=O)OCC1CO1.Oc1ccccc1.Oc1ccccc1. The molecule has 1 aliphatic heterocycles. The van der Waals surface area contributed by atoms with Crippen LogP contribution in [0.2, 0.25) is 0 Å². The van der Waals surface area contributed by atoms with Gasteiger partial charge < -0.3 is 19.7 Å². The fourth-order valence-corrected chi connectivity index (χ4v) is 1.25. The minimum atomic E-state index is -0.384. The van der Waals surface area contributed by atoms with Crippen molar-refractivity contribution in [1.29, 1.82) is 0 Å². The van der Waals surface area contributed by atoms with E-state index in [1.54, 1.807) is 48.5 Å². The molecule has 1 aliphatic rings. The van der Waals surface area contributed by atoms with Crippen LogP contribution in [0.1, 0.15) is 0 Å². The second kappa shape index (κ2) is 10.9. The van der Waals surface area contributed by atoms with E-state index < -0.39 is 0 Å². The molecular formula is C18H20O5. The van der Waals surface area contributed by atoms with E-state index in [9.17, 15) is 4.79 Å². The maximum absolute atomic E-state index is 10.3. The lowest BCUT2D eigenvalue weighted by Crippen LogP contribution is -2.06. The molecule has 1 fully saturated rings. The summed E-state index contributed by atoms with van der Waals surface area (Å²) in [5, 5.41) is 17.3. The molecule has 1 atom stereocenters. The highest BCUT2D eigenvalue weighted by Gasteiger charge is 2.23. The standard InChI is InChI=1S/C6H8O3.2C6H6O/c1-2-6(7)9-4-5-3-8-5;2*7-6-4-2-1-3-5-6/h2,5H,1,3-4H2;2*1-5,7H. The Morgan fingerprint density at radius 3 is 1.78 bits per heavy atom. The highest BCUT2D eigenvalue weighted by molar-refractivity contribution is 5.81. The van der Waals surface area contributed by atoms with E-state index in [1.165, 1.54) is 0 Å². The second-order valence-corrected chi connectivity index (χ2v) is 4.46. The molecule has 23 heavy (non-hydrogen) atoms. The van der Waals surface area contributed by atoms with Crippen molar-refractivity contribution < 1.29 is 24.5 Å². The van der Waals surface area contributed by atoms with Crippen molar-refractivity contribution in [3.63, 3.8) is 0 Å². The van der Waals surface area contributed by atoms with Crippen molar-refractivity contribution in [2.24, 2.45) is 0 Å². The van der Waals surface area contributed by atoms with Crippen molar-refractivity contribution in [3.05, 3.63) is 73.3 Å². The largest absolute Gasteiger partial charge is 0.508 e. The van der Waals surface area contributed by atoms with Gasteiger partial charge in [0.15, 0.2) is 0 Å². The van der Waals surface area contributed by atoms with Crippen LogP contribution >= 0.6 is 0 Å². The fourth-order valence-electron chi connectivity index (χ4n) is 1.25. The predicted molar refractivity (Wildman–Crippen MR) is 87.1 cm³/mol. The van der Waals surface area contributed by atoms with Crippen LogP contribution < -0.4 is 0 Å². The Morgan fingerprint density at radius 2 is 1.52 bits per heavy atom. The van der Waals surface area contributed by atoms with Crippen molar-refractivity contribution in [2.75, 3.05) is 13.2 Å². The minimum absolute atomic E-state index is 0.147. The van der Waals surface area contributed by atoms with Gasteiger partial charge in [0.1, 0.15) is 24.2 Å². The fraction of sp³-hybridized carbons (Fsp3) is 0.167. The topological polar surface area (TPSA) is 79.3 Å². The number of phenolic OH excluding ortho intramolecular Hbond substituents is 2. The average Bonchev–Trinajstić information content (AvgIpc) is 3.40. The summed E-state index contributed by atoms with van der Waals surface area (Å²) in [6.45, 7) is 4.32. The first-order chi connectivity index (χ1) is 11.1. The Hall–Kier alpha value is -2.79. The molecule has 0 aliphatic carbocycles. The number of hydrogen-bond donors (Lipinski definition) is 2. The Bertz CT molecular complexity index is 527. The first-order valence-corrected chi connectivity index (χ1v) is 7.00. The highest BCUT2D eigenvalue weighted by Crippen LogP contribution is 2.08. The van der Waals surface area contributed by atoms with Gasteiger partial charge in [-0.3, -0.25) is 0 Å². The van der Waals surface area contributed by atoms with Gasteiger partial charge in [-0.25, -0.2) is 4.79 Å². The number of para-hydroxylation sites is 2. The van der Waals surface area contributed by atoms with Gasteiger partial charge in [0.25, 0.3) is 0 Å². The number of benzene rings is 2. The second-order valence-electron chi connectivity index (χ2n) is 4.46. The summed E-state index contributed by atoms with van der Waals surface area (Å²) in [4.78, 5) is 10.3. The van der Waals surface area contributed by atoms with Crippen molar-refractivity contribution >= 4 is 5.97 Å². The van der Waals surface area contributed by atoms with Gasteiger partial charge in [-0.1, -0.05) is 43.0 Å². The van der Waals surface area contributed by atoms with Crippen LogP contribution in [0.4, 0.5) is 0 Å². The molecule has 3 rings (SSSR count). The summed E-state index contributed by atoms with van der Waals surface area (Å²) in [6.07, 6.45) is 1.29. The Kier molecular flexibility index (Phi) is 8.63. The summed E-state index contributed by atoms with van der Waals surface area (Å²) in [6, 6.07) is 17.4. The van der Waals surface area contributed by atoms with E-state index in [4.69, 9.17) is 14.9 Å². The van der Waals surface area contributed by atoms with Crippen LogP contribution in [0.15, 0.2) is 73.3 Å². The lowest BCUT2D eigenvalue weighted by Gasteiger charge is -1.94. The first-order valence-electron chi connectivity index (χ1n) is 7.00. The van der Waals surface area contributed by atoms with E-state index >= 15 is 0 Å². The van der Waals surface area contributed by atoms with Gasteiger partial charge >= 0.3 is 5.97 Å². The van der Waals surface area contributed by atoms with Crippen LogP contribution in [0.5, 0.6) is 11.5 Å². The summed E-state index contributed by atoms with van der Waals surface area (Å²) in [7, 11) is 0. The Balaban J connectivity index is 0.000000175. The first kappa shape index (κ1) is 18.3. The van der Waals surface area contributed by atoms with E-state index in [0.29, 0.717) is 24.7 Å². The number of carbonyl (C=O) groups is 1. The third-order valence-corrected chi connectivity index (χ3v) is 2.49. The van der Waals surface area contributed by atoms with E-state index in [0.717, 1.165) is 6.08 Å². The molecule has 0 amide bonds. The summed E-state index contributed by atoms with van der Waals surface area (Å²) < 4.78 is 9.42. The van der Waals surface area contributed by atoms with E-state index in [1.807, 2.05) is 12.1 Å². The molecule has 0 aromatic heterocycles. The number of phenols is 2. The zero-order chi connectivity index (χ0) is 16.9. The summed E-state index contributed by atoms with van der Waals surface area (Å²) in [5.74, 6) is 0.260. The third-order valence-electron chi connectivity index (χ3n) is 2.49. The van der Waals surface area contributed by atoms with Crippen LogP contribution in [0.3, 0.4) is 0 Å². The molecule has 1 saturated heterocycles. The van der Waals surface area contributed by atoms with E-state index in [2.05, 4.69) is 11.3 Å². The summed E-state index contributed by atoms with van der Waals surface area (Å²) >= 11 is 0. The zero-order valence-corrected chi connectivity index (χ0v) is 12.7. The monoisotopic (exact) mass is 316 g/mol. The molecule has 0 bridgehead atoms. The molecule has 2 aromatic rings. The zero-order valence-electron chi connectivity index (χ0n) is 12.7. The molecule has 1 heterocycles. The smallest absolute Gasteiger partial charge is 0.330 e. The predicted octanol–water partition coefficient (Wildman–Crippen LogP) is 2.90. The number of hydrogen-bond acceptors (Lipinski definition) is 5. The number of ether oxygens (including phenoxy) is 2. The van der Waals surface area contributed by atoms with Crippen molar-refractivity contribution in [2.45, 2.75) is 6.10 Å². The molecule has 5 heteroatoms. The number of rotatable bonds is 3.